The molecule has 0 aliphatic carbocycles. The Kier molecular flexibility index (Phi) is 18.5. The smallest absolute Gasteiger partial charge is 1.00 e. The Balaban J connectivity index is -0.00000200. The third-order valence-electron chi connectivity index (χ3n) is 3.42. The van der Waals surface area contributed by atoms with Gasteiger partial charge >= 0.3 is 29.6 Å². The molecule has 0 saturated heterocycles. The third kappa shape index (κ3) is 20.5. The van der Waals surface area contributed by atoms with Crippen molar-refractivity contribution in [3.8, 4) is 0 Å². The molecule has 0 amide bonds. The van der Waals surface area contributed by atoms with Crippen LogP contribution in [0.3, 0.4) is 0 Å². The maximum Gasteiger partial charge on any atom is 1.00 e. The fraction of sp³-hybridized carbons (Fsp3) is 0.933. The van der Waals surface area contributed by atoms with Gasteiger partial charge in [0.2, 0.25) is 0 Å². The molecule has 128 valence electrons. The van der Waals surface area contributed by atoms with E-state index in [1.807, 2.05) is 0 Å². The van der Waals surface area contributed by atoms with Gasteiger partial charge in [-0.25, -0.2) is 0 Å². The second-order valence-electron chi connectivity index (χ2n) is 5.58. The summed E-state index contributed by atoms with van der Waals surface area (Å²) in [6.07, 6.45) is 11.6. The Morgan fingerprint density at radius 2 is 1.50 bits per heavy atom. The Labute approximate surface area is 159 Å². The predicted molar refractivity (Wildman–Crippen MR) is 87.2 cm³/mol. The molecule has 0 unspecified atom stereocenters. The minimum absolute atomic E-state index is 0. The molecule has 22 heavy (non-hydrogen) atoms. The molecule has 0 aromatic heterocycles. The first kappa shape index (κ1) is 24.8. The van der Waals surface area contributed by atoms with E-state index in [4.69, 9.17) is 4.55 Å². The Hall–Kier alpha value is 0.540. The van der Waals surface area contributed by atoms with Gasteiger partial charge in [0.1, 0.15) is 5.78 Å². The first-order valence-corrected chi connectivity index (χ1v) is 9.74. The zero-order valence-electron chi connectivity index (χ0n) is 15.3. The molecule has 2 N–H and O–H groups in total. The molecule has 0 atom stereocenters. The number of nitrogens with one attached hydrogen (secondary N) is 1. The number of Topliss-reactive ketones (excluding diaryl/α,β-unsaturated/α-hetero) is 1. The van der Waals surface area contributed by atoms with Crippen molar-refractivity contribution in [3.63, 3.8) is 0 Å². The van der Waals surface area contributed by atoms with Gasteiger partial charge in [-0.2, -0.15) is 8.42 Å². The van der Waals surface area contributed by atoms with E-state index in [1.165, 1.54) is 44.9 Å². The molecule has 7 heteroatoms. The van der Waals surface area contributed by atoms with Gasteiger partial charge in [-0.05, 0) is 6.42 Å². The van der Waals surface area contributed by atoms with Crippen LogP contribution < -0.4 is 34.9 Å². The molecule has 0 aromatic rings. The first-order chi connectivity index (χ1) is 9.95. The summed E-state index contributed by atoms with van der Waals surface area (Å²) < 4.78 is 29.4. The Morgan fingerprint density at radius 3 is 2.00 bits per heavy atom. The van der Waals surface area contributed by atoms with E-state index in [0.717, 1.165) is 12.8 Å². The molecule has 0 radical (unpaired) electrons. The van der Waals surface area contributed by atoms with Gasteiger partial charge in [0.15, 0.2) is 0 Å². The Bertz CT molecular complexity index is 366. The van der Waals surface area contributed by atoms with Crippen LogP contribution in [-0.4, -0.2) is 37.6 Å². The number of hydrogen-bond acceptors (Lipinski definition) is 4. The van der Waals surface area contributed by atoms with Crippen molar-refractivity contribution in [3.05, 3.63) is 0 Å². The second kappa shape index (κ2) is 16.4. The number of ketones is 1. The van der Waals surface area contributed by atoms with E-state index in [0.29, 0.717) is 6.42 Å². The van der Waals surface area contributed by atoms with Crippen molar-refractivity contribution >= 4 is 15.9 Å². The normalized spacial score (nSPS) is 11.2. The number of hydrogen-bond donors (Lipinski definition) is 2. The number of carbonyl (C=O) groups excluding carboxylic acids is 1. The van der Waals surface area contributed by atoms with Crippen LogP contribution in [0.2, 0.25) is 0 Å². The third-order valence-corrected chi connectivity index (χ3v) is 4.14. The summed E-state index contributed by atoms with van der Waals surface area (Å²) in [5.41, 5.74) is 0. The fourth-order valence-electron chi connectivity index (χ4n) is 2.15. The molecule has 0 saturated carbocycles. The van der Waals surface area contributed by atoms with E-state index in [1.54, 1.807) is 0 Å². The van der Waals surface area contributed by atoms with Crippen molar-refractivity contribution in [2.24, 2.45) is 0 Å². The van der Waals surface area contributed by atoms with Crippen LogP contribution in [0.4, 0.5) is 0 Å². The number of unbranched alkanes of at least 4 members (excludes halogenated alkanes) is 8. The fourth-order valence-corrected chi connectivity index (χ4v) is 2.55. The van der Waals surface area contributed by atoms with Gasteiger partial charge in [0.05, 0.1) is 12.3 Å². The van der Waals surface area contributed by atoms with Crippen molar-refractivity contribution in [1.82, 2.24) is 5.32 Å². The summed E-state index contributed by atoms with van der Waals surface area (Å²) in [4.78, 5) is 11.5. The van der Waals surface area contributed by atoms with Crippen LogP contribution in [0, 0.1) is 0 Å². The summed E-state index contributed by atoms with van der Waals surface area (Å²) in [5.74, 6) is -0.244. The van der Waals surface area contributed by atoms with Crippen LogP contribution in [-0.2, 0) is 14.9 Å². The van der Waals surface area contributed by atoms with Crippen LogP contribution >= 0.6 is 0 Å². The number of rotatable bonds is 15. The molecule has 0 aromatic carbocycles. The van der Waals surface area contributed by atoms with E-state index in [2.05, 4.69) is 12.2 Å². The zero-order chi connectivity index (χ0) is 16.0. The van der Waals surface area contributed by atoms with E-state index in [-0.39, 0.29) is 55.6 Å². The maximum atomic E-state index is 11.5. The molecule has 0 bridgehead atoms. The molecule has 0 spiro atoms. The topological polar surface area (TPSA) is 83.5 Å². The Morgan fingerprint density at radius 1 is 1.00 bits per heavy atom. The quantitative estimate of drug-likeness (QED) is 0.249. The summed E-state index contributed by atoms with van der Waals surface area (Å²) >= 11 is 0. The van der Waals surface area contributed by atoms with Crippen LogP contribution in [0.25, 0.3) is 0 Å². The van der Waals surface area contributed by atoms with Crippen LogP contribution in [0.1, 0.15) is 72.6 Å². The molecular weight excluding hydrogens is 313 g/mol. The van der Waals surface area contributed by atoms with Crippen molar-refractivity contribution in [2.45, 2.75) is 71.1 Å². The summed E-state index contributed by atoms with van der Waals surface area (Å²) in [6, 6.07) is 0. The molecular formula is C15H32NNaO4S. The maximum absolute atomic E-state index is 11.5. The summed E-state index contributed by atoms with van der Waals surface area (Å²) in [5, 5.41) is 2.73. The predicted octanol–water partition coefficient (Wildman–Crippen LogP) is 0.0703. The average Bonchev–Trinajstić information content (AvgIpc) is 2.41. The standard InChI is InChI=1S/C15H31NO4S.Na.H/c1-2-3-4-5-6-7-8-9-10-11-15(17)14-16-12-13-21(18,19)20;;/h16H,2-14H2,1H3,(H,18,19,20);;/q;+1;-1. The molecule has 0 aliphatic heterocycles. The van der Waals surface area contributed by atoms with Crippen LogP contribution in [0.15, 0.2) is 0 Å². The van der Waals surface area contributed by atoms with E-state index < -0.39 is 10.1 Å². The largest absolute Gasteiger partial charge is 1.00 e. The SMILES string of the molecule is CCCCCCCCCCCC(=O)CNCCS(=O)(=O)O.[H-].[Na+]. The van der Waals surface area contributed by atoms with E-state index in [9.17, 15) is 13.2 Å². The minimum Gasteiger partial charge on any atom is -1.00 e. The van der Waals surface area contributed by atoms with Gasteiger partial charge in [0.25, 0.3) is 10.1 Å². The van der Waals surface area contributed by atoms with Gasteiger partial charge in [-0.15, -0.1) is 0 Å². The summed E-state index contributed by atoms with van der Waals surface area (Å²) in [7, 11) is -3.93. The van der Waals surface area contributed by atoms with Crippen molar-refractivity contribution < 1.29 is 48.7 Å². The molecule has 0 aliphatic rings. The van der Waals surface area contributed by atoms with Gasteiger partial charge in [-0.3, -0.25) is 9.35 Å². The van der Waals surface area contributed by atoms with Gasteiger partial charge < -0.3 is 6.74 Å². The molecule has 5 nitrogen and oxygen atoms in total. The monoisotopic (exact) mass is 345 g/mol. The van der Waals surface area contributed by atoms with Crippen molar-refractivity contribution in [1.29, 1.82) is 0 Å². The first-order valence-electron chi connectivity index (χ1n) is 8.13. The average molecular weight is 345 g/mol. The van der Waals surface area contributed by atoms with Gasteiger partial charge in [-0.1, -0.05) is 58.3 Å². The minimum atomic E-state index is -3.93. The second-order valence-corrected chi connectivity index (χ2v) is 7.15. The van der Waals surface area contributed by atoms with Crippen LogP contribution in [0.5, 0.6) is 0 Å². The molecule has 0 rings (SSSR count). The van der Waals surface area contributed by atoms with Gasteiger partial charge in [0, 0.05) is 13.0 Å². The molecule has 0 heterocycles. The van der Waals surface area contributed by atoms with E-state index >= 15 is 0 Å². The summed E-state index contributed by atoms with van der Waals surface area (Å²) in [6.45, 7) is 2.52. The molecule has 0 fully saturated rings. The zero-order valence-corrected chi connectivity index (χ0v) is 17.1. The number of carbonyl (C=O) groups is 1. The van der Waals surface area contributed by atoms with Crippen molar-refractivity contribution in [2.75, 3.05) is 18.8 Å².